The van der Waals surface area contributed by atoms with E-state index in [0.29, 0.717) is 34.1 Å². The molecule has 4 aromatic rings. The molecule has 1 aliphatic carbocycles. The topological polar surface area (TPSA) is 124 Å². The number of ether oxygens (including phenoxy) is 2. The maximum absolute atomic E-state index is 13.6. The van der Waals surface area contributed by atoms with E-state index in [0.717, 1.165) is 23.3 Å². The molecule has 216 valence electrons. The Morgan fingerprint density at radius 3 is 2.73 bits per heavy atom. The zero-order chi connectivity index (χ0) is 28.8. The molecule has 2 atom stereocenters. The van der Waals surface area contributed by atoms with Crippen molar-refractivity contribution in [2.75, 3.05) is 20.2 Å². The van der Waals surface area contributed by atoms with Crippen molar-refractivity contribution in [3.63, 3.8) is 0 Å². The normalized spacial score (nSPS) is 19.3. The van der Waals surface area contributed by atoms with Gasteiger partial charge in [-0.15, -0.1) is 0 Å². The number of fused-ring (bicyclic) bond motifs is 2. The van der Waals surface area contributed by atoms with Crippen LogP contribution in [0, 0.1) is 5.92 Å². The number of aromatic nitrogens is 4. The smallest absolute Gasteiger partial charge is 0.405 e. The van der Waals surface area contributed by atoms with Crippen molar-refractivity contribution in [1.29, 1.82) is 0 Å². The highest BCUT2D eigenvalue weighted by Crippen LogP contribution is 2.37. The van der Waals surface area contributed by atoms with Crippen molar-refractivity contribution in [2.24, 2.45) is 13.0 Å². The fraction of sp³-hybridized carbons (Fsp3) is 0.429. The van der Waals surface area contributed by atoms with Gasteiger partial charge in [-0.2, -0.15) is 8.78 Å². The molecule has 0 spiro atoms. The molecule has 0 bridgehead atoms. The third kappa shape index (κ3) is 5.17. The van der Waals surface area contributed by atoms with Gasteiger partial charge in [-0.25, -0.2) is 14.8 Å². The van der Waals surface area contributed by atoms with Crippen LogP contribution in [-0.4, -0.2) is 80.1 Å². The summed E-state index contributed by atoms with van der Waals surface area (Å²) in [6.07, 6.45) is 1.76. The van der Waals surface area contributed by atoms with E-state index in [4.69, 9.17) is 9.72 Å². The minimum Gasteiger partial charge on any atom is -0.494 e. The van der Waals surface area contributed by atoms with Crippen LogP contribution in [0.5, 0.6) is 5.75 Å². The Labute approximate surface area is 233 Å². The number of hydrogen-bond acceptors (Lipinski definition) is 6. The van der Waals surface area contributed by atoms with E-state index < -0.39 is 30.8 Å². The maximum atomic E-state index is 13.6. The summed E-state index contributed by atoms with van der Waals surface area (Å²) < 4.78 is 40.2. The average Bonchev–Trinajstić information content (AvgIpc) is 3.61. The van der Waals surface area contributed by atoms with Gasteiger partial charge in [0.1, 0.15) is 16.9 Å². The monoisotopic (exact) mass is 568 g/mol. The summed E-state index contributed by atoms with van der Waals surface area (Å²) in [5.41, 5.74) is 3.37. The molecule has 13 heteroatoms. The number of alkyl halides is 2. The summed E-state index contributed by atoms with van der Waals surface area (Å²) in [5.74, 6) is 1.37. The summed E-state index contributed by atoms with van der Waals surface area (Å²) in [6.45, 7) is -2.21. The van der Waals surface area contributed by atoms with E-state index in [2.05, 4.69) is 25.7 Å². The predicted octanol–water partition coefficient (Wildman–Crippen LogP) is 4.10. The molecule has 0 radical (unpaired) electrons. The van der Waals surface area contributed by atoms with Crippen LogP contribution in [-0.2, 0) is 18.3 Å². The Kier molecular flexibility index (Phi) is 6.98. The van der Waals surface area contributed by atoms with Gasteiger partial charge in [0, 0.05) is 43.8 Å². The molecule has 1 aliphatic heterocycles. The Bertz CT molecular complexity index is 1630. The van der Waals surface area contributed by atoms with Gasteiger partial charge in [-0.05, 0) is 55.5 Å². The molecule has 1 aromatic carbocycles. The van der Waals surface area contributed by atoms with E-state index in [1.165, 1.54) is 24.9 Å². The molecule has 0 unspecified atom stereocenters. The summed E-state index contributed by atoms with van der Waals surface area (Å²) in [6, 6.07) is 8.30. The van der Waals surface area contributed by atoms with E-state index in [1.807, 2.05) is 23.7 Å². The number of nitrogens with one attached hydrogen (secondary N) is 1. The van der Waals surface area contributed by atoms with Crippen LogP contribution < -0.4 is 10.1 Å². The number of rotatable bonds is 8. The van der Waals surface area contributed by atoms with Gasteiger partial charge in [-0.3, -0.25) is 4.79 Å². The van der Waals surface area contributed by atoms with Crippen molar-refractivity contribution in [1.82, 2.24) is 29.3 Å². The second-order valence-electron chi connectivity index (χ2n) is 10.6. The van der Waals surface area contributed by atoms with E-state index in [-0.39, 0.29) is 19.5 Å². The predicted molar refractivity (Wildman–Crippen MR) is 145 cm³/mol. The van der Waals surface area contributed by atoms with Crippen LogP contribution in [0.3, 0.4) is 0 Å². The molecule has 1 saturated carbocycles. The van der Waals surface area contributed by atoms with E-state index in [1.54, 1.807) is 18.3 Å². The number of piperidine rings is 1. The summed E-state index contributed by atoms with van der Waals surface area (Å²) in [4.78, 5) is 35.8. The quantitative estimate of drug-likeness (QED) is 0.328. The number of halogens is 2. The number of amides is 2. The number of pyridine rings is 1. The summed E-state index contributed by atoms with van der Waals surface area (Å²) >= 11 is 0. The van der Waals surface area contributed by atoms with Crippen LogP contribution in [0.15, 0.2) is 36.5 Å². The minimum absolute atomic E-state index is 0.0493. The van der Waals surface area contributed by atoms with Gasteiger partial charge in [0.25, 0.3) is 5.91 Å². The van der Waals surface area contributed by atoms with Crippen LogP contribution >= 0.6 is 0 Å². The Hall–Kier alpha value is -4.26. The number of nitrogens with zero attached hydrogens (tertiary/aromatic N) is 5. The SMILES string of the molecule is COc1cc(C(=O)N2CC[C@H](OC(F)F)[C@H](NC(=O)O)C2)cc2nc(-c3cc4cccnc4n3CC3CC3)n(C)c12. The molecule has 11 nitrogen and oxygen atoms in total. The Morgan fingerprint density at radius 1 is 1.22 bits per heavy atom. The zero-order valence-electron chi connectivity index (χ0n) is 22.6. The molecule has 2 aliphatic rings. The summed E-state index contributed by atoms with van der Waals surface area (Å²) in [5, 5.41) is 12.4. The number of carboxylic acid groups (broad SMARTS) is 1. The van der Waals surface area contributed by atoms with Gasteiger partial charge in [-0.1, -0.05) is 0 Å². The second kappa shape index (κ2) is 10.6. The van der Waals surface area contributed by atoms with E-state index >= 15 is 0 Å². The van der Waals surface area contributed by atoms with Crippen LogP contribution in [0.1, 0.15) is 29.6 Å². The molecule has 1 saturated heterocycles. The van der Waals surface area contributed by atoms with Crippen molar-refractivity contribution in [3.8, 4) is 17.3 Å². The first-order chi connectivity index (χ1) is 19.7. The third-order valence-corrected chi connectivity index (χ3v) is 7.85. The first-order valence-corrected chi connectivity index (χ1v) is 13.4. The lowest BCUT2D eigenvalue weighted by atomic mass is 10.0. The molecule has 41 heavy (non-hydrogen) atoms. The van der Waals surface area contributed by atoms with Crippen molar-refractivity contribution < 1.29 is 33.0 Å². The Morgan fingerprint density at radius 2 is 2.02 bits per heavy atom. The van der Waals surface area contributed by atoms with Crippen molar-refractivity contribution >= 4 is 34.1 Å². The first-order valence-electron chi connectivity index (χ1n) is 13.4. The molecular weight excluding hydrogens is 538 g/mol. The van der Waals surface area contributed by atoms with Crippen molar-refractivity contribution in [2.45, 2.75) is 44.6 Å². The standard InChI is InChI=1S/C28H30F2N6O5/c1-34-23-18(32-25(34)20-11-16-4-3-8-31-24(16)36(20)13-15-5-6-15)10-17(12-22(23)40-2)26(37)35-9-7-21(41-27(29)30)19(14-35)33-28(38)39/h3-4,8,10-12,15,19,21,27,33H,5-7,9,13-14H2,1-2H3,(H,38,39)/t19-,21+/m1/s1. The highest BCUT2D eigenvalue weighted by Gasteiger charge is 2.36. The molecule has 6 rings (SSSR count). The Balaban J connectivity index is 1.36. The fourth-order valence-corrected chi connectivity index (χ4v) is 5.72. The summed E-state index contributed by atoms with van der Waals surface area (Å²) in [7, 11) is 3.42. The number of aryl methyl sites for hydroxylation is 1. The minimum atomic E-state index is -3.05. The van der Waals surface area contributed by atoms with Crippen LogP contribution in [0.4, 0.5) is 13.6 Å². The van der Waals surface area contributed by atoms with Gasteiger partial charge in [0.15, 0.2) is 5.82 Å². The number of benzene rings is 1. The lowest BCUT2D eigenvalue weighted by Gasteiger charge is -2.38. The largest absolute Gasteiger partial charge is 0.494 e. The molecule has 2 fully saturated rings. The van der Waals surface area contributed by atoms with Gasteiger partial charge in [0.2, 0.25) is 0 Å². The highest BCUT2D eigenvalue weighted by molar-refractivity contribution is 6.00. The molecule has 4 heterocycles. The average molecular weight is 569 g/mol. The lowest BCUT2D eigenvalue weighted by Crippen LogP contribution is -2.57. The van der Waals surface area contributed by atoms with Gasteiger partial charge in [0.05, 0.1) is 30.5 Å². The number of imidazole rings is 1. The molecule has 2 N–H and O–H groups in total. The van der Waals surface area contributed by atoms with Crippen LogP contribution in [0.25, 0.3) is 33.6 Å². The second-order valence-corrected chi connectivity index (χ2v) is 10.6. The number of carbonyl (C=O) groups is 2. The number of likely N-dealkylation sites (tertiary alicyclic amines) is 1. The lowest BCUT2D eigenvalue weighted by molar-refractivity contribution is -0.177. The number of carbonyl (C=O) groups excluding carboxylic acids is 1. The van der Waals surface area contributed by atoms with E-state index in [9.17, 15) is 23.5 Å². The van der Waals surface area contributed by atoms with Crippen LogP contribution in [0.2, 0.25) is 0 Å². The fourth-order valence-electron chi connectivity index (χ4n) is 5.72. The number of hydrogen-bond donors (Lipinski definition) is 2. The highest BCUT2D eigenvalue weighted by atomic mass is 19.3. The van der Waals surface area contributed by atoms with Gasteiger partial charge < -0.3 is 33.9 Å². The zero-order valence-corrected chi connectivity index (χ0v) is 22.6. The maximum Gasteiger partial charge on any atom is 0.405 e. The third-order valence-electron chi connectivity index (χ3n) is 7.85. The van der Waals surface area contributed by atoms with Gasteiger partial charge >= 0.3 is 12.7 Å². The number of methoxy groups -OCH3 is 1. The molecular formula is C28H30F2N6O5. The molecule has 3 aromatic heterocycles. The first kappa shape index (κ1) is 26.9. The van der Waals surface area contributed by atoms with Crippen molar-refractivity contribution in [3.05, 3.63) is 42.1 Å². The molecule has 2 amide bonds.